The highest BCUT2D eigenvalue weighted by Gasteiger charge is 2.14. The van der Waals surface area contributed by atoms with Crippen molar-refractivity contribution in [1.29, 1.82) is 0 Å². The van der Waals surface area contributed by atoms with E-state index in [-0.39, 0.29) is 5.91 Å². The molecule has 1 N–H and O–H groups in total. The molecule has 0 saturated carbocycles. The number of rotatable bonds is 6. The maximum absolute atomic E-state index is 12.3. The SMILES string of the molecule is CCCCOc1c(Cl)cc(C(=O)Nc2ccc(C)cc2)cc1Cl. The number of halogens is 2. The first kappa shape index (κ1) is 17.6. The Balaban J connectivity index is 2.13. The number of carbonyl (C=O) groups excluding carboxylic acids is 1. The van der Waals surface area contributed by atoms with E-state index >= 15 is 0 Å². The van der Waals surface area contributed by atoms with Crippen molar-refractivity contribution in [2.24, 2.45) is 0 Å². The fourth-order valence-corrected chi connectivity index (χ4v) is 2.58. The molecule has 0 heterocycles. The lowest BCUT2D eigenvalue weighted by Crippen LogP contribution is -2.12. The molecule has 0 spiro atoms. The predicted octanol–water partition coefficient (Wildman–Crippen LogP) is 5.73. The molecule has 122 valence electrons. The minimum atomic E-state index is -0.266. The van der Waals surface area contributed by atoms with Crippen LogP contribution in [-0.4, -0.2) is 12.5 Å². The summed E-state index contributed by atoms with van der Waals surface area (Å²) in [6.07, 6.45) is 1.94. The number of anilines is 1. The molecule has 2 rings (SSSR count). The Hall–Kier alpha value is -1.71. The van der Waals surface area contributed by atoms with Gasteiger partial charge in [-0.3, -0.25) is 4.79 Å². The Kier molecular flexibility index (Phi) is 6.31. The van der Waals surface area contributed by atoms with Crippen LogP contribution in [0.3, 0.4) is 0 Å². The van der Waals surface area contributed by atoms with Crippen molar-refractivity contribution < 1.29 is 9.53 Å². The molecule has 0 aliphatic heterocycles. The lowest BCUT2D eigenvalue weighted by Gasteiger charge is -2.12. The topological polar surface area (TPSA) is 38.3 Å². The number of carbonyl (C=O) groups is 1. The Morgan fingerprint density at radius 3 is 2.30 bits per heavy atom. The third-order valence-corrected chi connectivity index (χ3v) is 3.88. The van der Waals surface area contributed by atoms with Crippen LogP contribution >= 0.6 is 23.2 Å². The van der Waals surface area contributed by atoms with Crippen LogP contribution in [0, 0.1) is 6.92 Å². The first-order chi connectivity index (χ1) is 11.0. The molecular formula is C18H19Cl2NO2. The summed E-state index contributed by atoms with van der Waals surface area (Å²) in [5, 5.41) is 3.49. The van der Waals surface area contributed by atoms with Gasteiger partial charge in [-0.05, 0) is 37.6 Å². The smallest absolute Gasteiger partial charge is 0.255 e. The zero-order chi connectivity index (χ0) is 16.8. The number of aryl methyl sites for hydroxylation is 1. The highest BCUT2D eigenvalue weighted by Crippen LogP contribution is 2.34. The van der Waals surface area contributed by atoms with E-state index in [9.17, 15) is 4.79 Å². The van der Waals surface area contributed by atoms with E-state index in [4.69, 9.17) is 27.9 Å². The first-order valence-corrected chi connectivity index (χ1v) is 8.26. The van der Waals surface area contributed by atoms with Crippen molar-refractivity contribution in [2.45, 2.75) is 26.7 Å². The molecule has 0 saturated heterocycles. The molecule has 3 nitrogen and oxygen atoms in total. The van der Waals surface area contributed by atoms with Gasteiger partial charge in [0.1, 0.15) is 0 Å². The van der Waals surface area contributed by atoms with Crippen LogP contribution < -0.4 is 10.1 Å². The second-order valence-corrected chi connectivity index (χ2v) is 6.11. The number of hydrogen-bond acceptors (Lipinski definition) is 2. The standard InChI is InChI=1S/C18H19Cl2NO2/c1-3-4-9-23-17-15(19)10-13(11-16(17)20)18(22)21-14-7-5-12(2)6-8-14/h5-8,10-11H,3-4,9H2,1-2H3,(H,21,22). The van der Waals surface area contributed by atoms with E-state index in [1.54, 1.807) is 12.1 Å². The van der Waals surface area contributed by atoms with Crippen molar-refractivity contribution in [3.63, 3.8) is 0 Å². The molecular weight excluding hydrogens is 333 g/mol. The average molecular weight is 352 g/mol. The van der Waals surface area contributed by atoms with Crippen LogP contribution in [0.25, 0.3) is 0 Å². The average Bonchev–Trinajstić information content (AvgIpc) is 2.52. The fraction of sp³-hybridized carbons (Fsp3) is 0.278. The summed E-state index contributed by atoms with van der Waals surface area (Å²) in [4.78, 5) is 12.3. The van der Waals surface area contributed by atoms with E-state index in [1.165, 1.54) is 0 Å². The van der Waals surface area contributed by atoms with Crippen molar-refractivity contribution >= 4 is 34.8 Å². The summed E-state index contributed by atoms with van der Waals surface area (Å²) in [7, 11) is 0. The van der Waals surface area contributed by atoms with Gasteiger partial charge >= 0.3 is 0 Å². The second kappa shape index (κ2) is 8.23. The van der Waals surface area contributed by atoms with Crippen molar-refractivity contribution in [1.82, 2.24) is 0 Å². The zero-order valence-electron chi connectivity index (χ0n) is 13.2. The molecule has 0 fully saturated rings. The minimum absolute atomic E-state index is 0.266. The Morgan fingerprint density at radius 2 is 1.74 bits per heavy atom. The van der Waals surface area contributed by atoms with Gasteiger partial charge in [-0.1, -0.05) is 54.2 Å². The molecule has 2 aromatic carbocycles. The lowest BCUT2D eigenvalue weighted by molar-refractivity contribution is 0.102. The molecule has 0 atom stereocenters. The van der Waals surface area contributed by atoms with E-state index in [0.717, 1.165) is 24.1 Å². The van der Waals surface area contributed by atoms with Crippen LogP contribution in [-0.2, 0) is 0 Å². The number of unbranched alkanes of at least 4 members (excludes halogenated alkanes) is 1. The molecule has 5 heteroatoms. The second-order valence-electron chi connectivity index (χ2n) is 5.29. The van der Waals surface area contributed by atoms with Gasteiger partial charge in [0, 0.05) is 11.3 Å². The summed E-state index contributed by atoms with van der Waals surface area (Å²) in [5.74, 6) is 0.159. The Labute approximate surface area is 146 Å². The fourth-order valence-electron chi connectivity index (χ4n) is 1.99. The van der Waals surface area contributed by atoms with E-state index in [1.807, 2.05) is 31.2 Å². The van der Waals surface area contributed by atoms with E-state index in [2.05, 4.69) is 12.2 Å². The van der Waals surface area contributed by atoms with Crippen molar-refractivity contribution in [3.05, 3.63) is 57.6 Å². The highest BCUT2D eigenvalue weighted by atomic mass is 35.5. The van der Waals surface area contributed by atoms with Gasteiger partial charge in [-0.2, -0.15) is 0 Å². The summed E-state index contributed by atoms with van der Waals surface area (Å²) < 4.78 is 5.58. The van der Waals surface area contributed by atoms with Gasteiger partial charge in [0.05, 0.1) is 16.7 Å². The van der Waals surface area contributed by atoms with Crippen molar-refractivity contribution in [3.8, 4) is 5.75 Å². The maximum atomic E-state index is 12.3. The van der Waals surface area contributed by atoms with E-state index < -0.39 is 0 Å². The molecule has 23 heavy (non-hydrogen) atoms. The molecule has 0 bridgehead atoms. The Bertz CT molecular complexity index is 661. The monoisotopic (exact) mass is 351 g/mol. The lowest BCUT2D eigenvalue weighted by atomic mass is 10.2. The van der Waals surface area contributed by atoms with Gasteiger partial charge in [0.15, 0.2) is 5.75 Å². The third kappa shape index (κ3) is 4.88. The van der Waals surface area contributed by atoms with Crippen LogP contribution in [0.15, 0.2) is 36.4 Å². The molecule has 0 aromatic heterocycles. The summed E-state index contributed by atoms with van der Waals surface area (Å²) >= 11 is 12.4. The number of ether oxygens (including phenoxy) is 1. The summed E-state index contributed by atoms with van der Waals surface area (Å²) in [5.41, 5.74) is 2.24. The molecule has 1 amide bonds. The van der Waals surface area contributed by atoms with Gasteiger partial charge in [0.2, 0.25) is 0 Å². The van der Waals surface area contributed by atoms with Gasteiger partial charge in [-0.15, -0.1) is 0 Å². The van der Waals surface area contributed by atoms with Crippen LogP contribution in [0.1, 0.15) is 35.7 Å². The summed E-state index contributed by atoms with van der Waals surface area (Å²) in [6, 6.07) is 10.7. The van der Waals surface area contributed by atoms with Crippen LogP contribution in [0.2, 0.25) is 10.0 Å². The number of benzene rings is 2. The Morgan fingerprint density at radius 1 is 1.13 bits per heavy atom. The van der Waals surface area contributed by atoms with Gasteiger partial charge < -0.3 is 10.1 Å². The molecule has 2 aromatic rings. The number of nitrogens with one attached hydrogen (secondary N) is 1. The summed E-state index contributed by atoms with van der Waals surface area (Å²) in [6.45, 7) is 4.61. The van der Waals surface area contributed by atoms with Crippen LogP contribution in [0.4, 0.5) is 5.69 Å². The molecule has 0 aliphatic rings. The first-order valence-electron chi connectivity index (χ1n) is 7.51. The van der Waals surface area contributed by atoms with Gasteiger partial charge in [0.25, 0.3) is 5.91 Å². The maximum Gasteiger partial charge on any atom is 0.255 e. The molecule has 0 aliphatic carbocycles. The predicted molar refractivity (Wildman–Crippen MR) is 96.0 cm³/mol. The third-order valence-electron chi connectivity index (χ3n) is 3.31. The minimum Gasteiger partial charge on any atom is -0.490 e. The van der Waals surface area contributed by atoms with Gasteiger partial charge in [-0.25, -0.2) is 0 Å². The number of amides is 1. The quantitative estimate of drug-likeness (QED) is 0.674. The zero-order valence-corrected chi connectivity index (χ0v) is 14.7. The largest absolute Gasteiger partial charge is 0.490 e. The normalized spacial score (nSPS) is 10.4. The van der Waals surface area contributed by atoms with Crippen LogP contribution in [0.5, 0.6) is 5.75 Å². The molecule has 0 radical (unpaired) electrons. The number of hydrogen-bond donors (Lipinski definition) is 1. The van der Waals surface area contributed by atoms with Crippen molar-refractivity contribution in [2.75, 3.05) is 11.9 Å². The molecule has 0 unspecified atom stereocenters. The highest BCUT2D eigenvalue weighted by molar-refractivity contribution is 6.37. The van der Waals surface area contributed by atoms with E-state index in [0.29, 0.717) is 28.0 Å².